The molecule has 1 aromatic heterocycles. The molecule has 0 N–H and O–H groups in total. The molecule has 2 aliphatic rings. The Bertz CT molecular complexity index is 786. The SMILES string of the molecule is Cc1cccc(Oc2ccc(C(=O)N3CCCN(C4CCC4)CC3)cn2)c1. The zero-order valence-corrected chi connectivity index (χ0v) is 15.9. The first kappa shape index (κ1) is 18.0. The minimum atomic E-state index is 0.0695. The molecule has 1 saturated carbocycles. The molecule has 1 amide bonds. The lowest BCUT2D eigenvalue weighted by molar-refractivity contribution is 0.0749. The Balaban J connectivity index is 1.37. The number of ether oxygens (including phenoxy) is 1. The summed E-state index contributed by atoms with van der Waals surface area (Å²) in [7, 11) is 0. The van der Waals surface area contributed by atoms with Crippen LogP contribution in [0.2, 0.25) is 0 Å². The van der Waals surface area contributed by atoms with Crippen LogP contribution in [0.5, 0.6) is 11.6 Å². The second kappa shape index (κ2) is 8.09. The first-order chi connectivity index (χ1) is 13.2. The Morgan fingerprint density at radius 2 is 1.96 bits per heavy atom. The fraction of sp³-hybridized carbons (Fsp3) is 0.455. The van der Waals surface area contributed by atoms with Gasteiger partial charge in [-0.05, 0) is 49.9 Å². The minimum absolute atomic E-state index is 0.0695. The van der Waals surface area contributed by atoms with Gasteiger partial charge in [0, 0.05) is 44.5 Å². The van der Waals surface area contributed by atoms with Gasteiger partial charge in [0.2, 0.25) is 5.88 Å². The van der Waals surface area contributed by atoms with Crippen molar-refractivity contribution in [2.24, 2.45) is 0 Å². The molecule has 5 nitrogen and oxygen atoms in total. The van der Waals surface area contributed by atoms with E-state index in [0.29, 0.717) is 11.4 Å². The molecule has 1 saturated heterocycles. The van der Waals surface area contributed by atoms with Gasteiger partial charge >= 0.3 is 0 Å². The Morgan fingerprint density at radius 3 is 2.67 bits per heavy atom. The molecular weight excluding hydrogens is 338 g/mol. The normalized spacial score (nSPS) is 18.6. The molecule has 0 radical (unpaired) electrons. The molecule has 5 heteroatoms. The summed E-state index contributed by atoms with van der Waals surface area (Å²) in [6.07, 6.45) is 6.67. The van der Waals surface area contributed by atoms with Crippen LogP contribution in [0, 0.1) is 6.92 Å². The van der Waals surface area contributed by atoms with Gasteiger partial charge in [-0.25, -0.2) is 4.98 Å². The van der Waals surface area contributed by atoms with Crippen LogP contribution in [-0.2, 0) is 0 Å². The number of carbonyl (C=O) groups excluding carboxylic acids is 1. The third-order valence-electron chi connectivity index (χ3n) is 5.60. The molecule has 0 spiro atoms. The molecule has 2 fully saturated rings. The molecular formula is C22H27N3O2. The topological polar surface area (TPSA) is 45.7 Å². The average Bonchev–Trinajstić information content (AvgIpc) is 2.87. The zero-order valence-electron chi connectivity index (χ0n) is 15.9. The van der Waals surface area contributed by atoms with Crippen molar-refractivity contribution in [3.05, 3.63) is 53.7 Å². The fourth-order valence-corrected chi connectivity index (χ4v) is 3.81. The molecule has 1 aliphatic heterocycles. The van der Waals surface area contributed by atoms with Gasteiger partial charge in [-0.1, -0.05) is 18.6 Å². The monoisotopic (exact) mass is 365 g/mol. The lowest BCUT2D eigenvalue weighted by atomic mass is 9.91. The van der Waals surface area contributed by atoms with Gasteiger partial charge in [-0.15, -0.1) is 0 Å². The van der Waals surface area contributed by atoms with E-state index in [2.05, 4.69) is 9.88 Å². The molecule has 2 aromatic rings. The highest BCUT2D eigenvalue weighted by Crippen LogP contribution is 2.26. The molecule has 0 bridgehead atoms. The molecule has 4 rings (SSSR count). The predicted molar refractivity (Wildman–Crippen MR) is 105 cm³/mol. The van der Waals surface area contributed by atoms with Crippen LogP contribution in [0.4, 0.5) is 0 Å². The number of aromatic nitrogens is 1. The Hall–Kier alpha value is -2.40. The van der Waals surface area contributed by atoms with E-state index in [1.165, 1.54) is 19.3 Å². The van der Waals surface area contributed by atoms with E-state index >= 15 is 0 Å². The summed E-state index contributed by atoms with van der Waals surface area (Å²) < 4.78 is 5.78. The summed E-state index contributed by atoms with van der Waals surface area (Å²) in [4.78, 5) is 21.7. The summed E-state index contributed by atoms with van der Waals surface area (Å²) in [6, 6.07) is 12.2. The fourth-order valence-electron chi connectivity index (χ4n) is 3.81. The maximum Gasteiger partial charge on any atom is 0.255 e. The van der Waals surface area contributed by atoms with Crippen molar-refractivity contribution < 1.29 is 9.53 Å². The predicted octanol–water partition coefficient (Wildman–Crippen LogP) is 3.88. The standard InChI is InChI=1S/C22H27N3O2/c1-17-5-2-8-20(15-17)27-21-10-9-18(16-23-21)22(26)25-12-4-11-24(13-14-25)19-6-3-7-19/h2,5,8-10,15-16,19H,3-4,6-7,11-14H2,1H3. The number of aryl methyl sites for hydroxylation is 1. The van der Waals surface area contributed by atoms with Crippen molar-refractivity contribution in [1.29, 1.82) is 0 Å². The third kappa shape index (κ3) is 4.30. The minimum Gasteiger partial charge on any atom is -0.439 e. The van der Waals surface area contributed by atoms with Crippen LogP contribution in [0.15, 0.2) is 42.6 Å². The van der Waals surface area contributed by atoms with Gasteiger partial charge in [0.25, 0.3) is 5.91 Å². The number of carbonyl (C=O) groups is 1. The van der Waals surface area contributed by atoms with E-state index in [1.807, 2.05) is 42.2 Å². The lowest BCUT2D eigenvalue weighted by Gasteiger charge is -2.36. The lowest BCUT2D eigenvalue weighted by Crippen LogP contribution is -2.42. The number of pyridine rings is 1. The molecule has 27 heavy (non-hydrogen) atoms. The number of rotatable bonds is 4. The van der Waals surface area contributed by atoms with Crippen LogP contribution < -0.4 is 4.74 Å². The average molecular weight is 365 g/mol. The quantitative estimate of drug-likeness (QED) is 0.825. The van der Waals surface area contributed by atoms with Crippen LogP contribution in [-0.4, -0.2) is 52.9 Å². The number of hydrogen-bond acceptors (Lipinski definition) is 4. The Morgan fingerprint density at radius 1 is 1.07 bits per heavy atom. The number of benzene rings is 1. The van der Waals surface area contributed by atoms with Crippen LogP contribution in [0.3, 0.4) is 0 Å². The first-order valence-corrected chi connectivity index (χ1v) is 9.93. The van der Waals surface area contributed by atoms with Crippen LogP contribution >= 0.6 is 0 Å². The third-order valence-corrected chi connectivity index (χ3v) is 5.60. The van der Waals surface area contributed by atoms with Crippen molar-refractivity contribution in [3.63, 3.8) is 0 Å². The van der Waals surface area contributed by atoms with E-state index in [4.69, 9.17) is 4.74 Å². The Kier molecular flexibility index (Phi) is 5.39. The van der Waals surface area contributed by atoms with E-state index in [1.54, 1.807) is 12.3 Å². The maximum atomic E-state index is 12.9. The molecule has 1 aromatic carbocycles. The second-order valence-electron chi connectivity index (χ2n) is 7.57. The molecule has 0 atom stereocenters. The van der Waals surface area contributed by atoms with Crippen molar-refractivity contribution in [1.82, 2.24) is 14.8 Å². The Labute approximate surface area is 161 Å². The van der Waals surface area contributed by atoms with Crippen molar-refractivity contribution >= 4 is 5.91 Å². The van der Waals surface area contributed by atoms with E-state index < -0.39 is 0 Å². The summed E-state index contributed by atoms with van der Waals surface area (Å²) >= 11 is 0. The smallest absolute Gasteiger partial charge is 0.255 e. The highest BCUT2D eigenvalue weighted by molar-refractivity contribution is 5.94. The van der Waals surface area contributed by atoms with Gasteiger partial charge in [-0.3, -0.25) is 9.69 Å². The highest BCUT2D eigenvalue weighted by atomic mass is 16.5. The molecule has 2 heterocycles. The molecule has 142 valence electrons. The number of amides is 1. The largest absolute Gasteiger partial charge is 0.439 e. The van der Waals surface area contributed by atoms with Crippen molar-refractivity contribution in [2.75, 3.05) is 26.2 Å². The highest BCUT2D eigenvalue weighted by Gasteiger charge is 2.28. The van der Waals surface area contributed by atoms with E-state index in [9.17, 15) is 4.79 Å². The molecule has 0 unspecified atom stereocenters. The number of hydrogen-bond donors (Lipinski definition) is 0. The number of nitrogens with zero attached hydrogens (tertiary/aromatic N) is 3. The van der Waals surface area contributed by atoms with Gasteiger partial charge in [0.05, 0.1) is 5.56 Å². The van der Waals surface area contributed by atoms with Gasteiger partial charge in [0.15, 0.2) is 0 Å². The van der Waals surface area contributed by atoms with Crippen molar-refractivity contribution in [2.45, 2.75) is 38.6 Å². The van der Waals surface area contributed by atoms with Gasteiger partial charge in [-0.2, -0.15) is 0 Å². The van der Waals surface area contributed by atoms with Gasteiger partial charge in [0.1, 0.15) is 5.75 Å². The van der Waals surface area contributed by atoms with Gasteiger partial charge < -0.3 is 9.64 Å². The first-order valence-electron chi connectivity index (χ1n) is 9.93. The summed E-state index contributed by atoms with van der Waals surface area (Å²) in [6.45, 7) is 5.74. The van der Waals surface area contributed by atoms with Crippen molar-refractivity contribution in [3.8, 4) is 11.6 Å². The second-order valence-corrected chi connectivity index (χ2v) is 7.57. The van der Waals surface area contributed by atoms with Crippen LogP contribution in [0.1, 0.15) is 41.6 Å². The maximum absolute atomic E-state index is 12.9. The zero-order chi connectivity index (χ0) is 18.6. The van der Waals surface area contributed by atoms with Crippen LogP contribution in [0.25, 0.3) is 0 Å². The summed E-state index contributed by atoms with van der Waals surface area (Å²) in [5, 5.41) is 0. The van der Waals surface area contributed by atoms with E-state index in [0.717, 1.165) is 50.0 Å². The summed E-state index contributed by atoms with van der Waals surface area (Å²) in [5.74, 6) is 1.33. The molecule has 1 aliphatic carbocycles. The van der Waals surface area contributed by atoms with E-state index in [-0.39, 0.29) is 5.91 Å². The summed E-state index contributed by atoms with van der Waals surface area (Å²) in [5.41, 5.74) is 1.76.